The van der Waals surface area contributed by atoms with Crippen LogP contribution in [0.5, 0.6) is 0 Å². The van der Waals surface area contributed by atoms with Crippen molar-refractivity contribution in [2.45, 2.75) is 58.3 Å². The van der Waals surface area contributed by atoms with E-state index in [1.807, 2.05) is 0 Å². The van der Waals surface area contributed by atoms with E-state index in [1.165, 1.54) is 38.5 Å². The molecule has 1 amide bonds. The van der Waals surface area contributed by atoms with Crippen molar-refractivity contribution < 1.29 is 9.90 Å². The molecule has 0 aromatic heterocycles. The molecule has 3 nitrogen and oxygen atoms in total. The van der Waals surface area contributed by atoms with Crippen LogP contribution in [0.1, 0.15) is 58.3 Å². The number of rotatable bonds is 9. The highest BCUT2D eigenvalue weighted by Gasteiger charge is 1.95. The zero-order valence-corrected chi connectivity index (χ0v) is 9.17. The van der Waals surface area contributed by atoms with Gasteiger partial charge in [-0.3, -0.25) is 0 Å². The fraction of sp³-hybridized carbons (Fsp3) is 0.909. The normalized spacial score (nSPS) is 10.1. The summed E-state index contributed by atoms with van der Waals surface area (Å²) in [5.74, 6) is 0. The topological polar surface area (TPSA) is 51.4 Å². The molecule has 0 unspecified atom stereocenters. The van der Waals surface area contributed by atoms with Gasteiger partial charge >= 0.3 is 6.09 Å². The number of carbonyl (C=O) groups is 1. The highest BCUT2D eigenvalue weighted by Crippen LogP contribution is 2.07. The van der Waals surface area contributed by atoms with Crippen LogP contribution in [0.2, 0.25) is 0 Å². The van der Waals surface area contributed by atoms with Gasteiger partial charge in [-0.25, -0.2) is 10.1 Å². The largest absolute Gasteiger partial charge is 0.464 e. The zero-order valence-electron chi connectivity index (χ0n) is 9.17. The summed E-state index contributed by atoms with van der Waals surface area (Å²) in [5.41, 5.74) is 0. The molecule has 3 heteroatoms. The van der Waals surface area contributed by atoms with Gasteiger partial charge in [0.25, 0.3) is 0 Å². The SMILES string of the molecule is CCCCCCCCCC[N]C(=O)O. The summed E-state index contributed by atoms with van der Waals surface area (Å²) in [4.78, 5) is 10.0. The van der Waals surface area contributed by atoms with Gasteiger partial charge in [0.2, 0.25) is 0 Å². The molecule has 1 radical (unpaired) electrons. The lowest BCUT2D eigenvalue weighted by Gasteiger charge is -2.00. The van der Waals surface area contributed by atoms with Gasteiger partial charge in [0.1, 0.15) is 0 Å². The summed E-state index contributed by atoms with van der Waals surface area (Å²) in [6.07, 6.45) is 8.80. The van der Waals surface area contributed by atoms with E-state index >= 15 is 0 Å². The Morgan fingerprint density at radius 2 is 1.50 bits per heavy atom. The Hall–Kier alpha value is -0.730. The highest BCUT2D eigenvalue weighted by atomic mass is 16.4. The summed E-state index contributed by atoms with van der Waals surface area (Å²) >= 11 is 0. The molecule has 0 rings (SSSR count). The van der Waals surface area contributed by atoms with E-state index in [0.29, 0.717) is 6.54 Å². The van der Waals surface area contributed by atoms with Crippen molar-refractivity contribution in [1.29, 1.82) is 0 Å². The standard InChI is InChI=1S/C11H22NO2/c1-2-3-4-5-6-7-8-9-10-12-11(13)14/h2-10H2,1H3,(H,13,14). The number of unbranched alkanes of at least 4 members (excludes halogenated alkanes) is 7. The second kappa shape index (κ2) is 10.4. The Bertz CT molecular complexity index is 137. The number of carboxylic acid groups (broad SMARTS) is 1. The van der Waals surface area contributed by atoms with E-state index in [9.17, 15) is 4.79 Å². The first kappa shape index (κ1) is 13.3. The predicted octanol–water partition coefficient (Wildman–Crippen LogP) is 3.41. The zero-order chi connectivity index (χ0) is 10.6. The number of hydrogen-bond acceptors (Lipinski definition) is 1. The molecule has 1 N–H and O–H groups in total. The Morgan fingerprint density at radius 3 is 2.00 bits per heavy atom. The van der Waals surface area contributed by atoms with Crippen LogP contribution in [-0.4, -0.2) is 17.7 Å². The smallest absolute Gasteiger partial charge is 0.426 e. The molecule has 0 aromatic rings. The molecule has 0 aromatic carbocycles. The summed E-state index contributed by atoms with van der Waals surface area (Å²) in [5, 5.41) is 11.6. The molecule has 0 aliphatic heterocycles. The van der Waals surface area contributed by atoms with Crippen LogP contribution in [0, 0.1) is 0 Å². The van der Waals surface area contributed by atoms with E-state index in [1.54, 1.807) is 0 Å². The van der Waals surface area contributed by atoms with E-state index in [2.05, 4.69) is 12.2 Å². The third kappa shape index (κ3) is 11.3. The van der Waals surface area contributed by atoms with E-state index in [0.717, 1.165) is 12.8 Å². The molecule has 0 aliphatic rings. The molecule has 14 heavy (non-hydrogen) atoms. The van der Waals surface area contributed by atoms with Crippen molar-refractivity contribution in [2.24, 2.45) is 0 Å². The summed E-state index contributed by atoms with van der Waals surface area (Å²) in [7, 11) is 0. The molecule has 0 aliphatic carbocycles. The summed E-state index contributed by atoms with van der Waals surface area (Å²) in [6.45, 7) is 2.69. The quantitative estimate of drug-likeness (QED) is 0.580. The Morgan fingerprint density at radius 1 is 1.00 bits per heavy atom. The third-order valence-corrected chi connectivity index (χ3v) is 2.26. The van der Waals surface area contributed by atoms with Gasteiger partial charge < -0.3 is 5.11 Å². The second-order valence-electron chi connectivity index (χ2n) is 3.64. The summed E-state index contributed by atoms with van der Waals surface area (Å²) < 4.78 is 0. The first-order valence-corrected chi connectivity index (χ1v) is 5.67. The fourth-order valence-corrected chi connectivity index (χ4v) is 1.42. The van der Waals surface area contributed by atoms with E-state index in [-0.39, 0.29) is 0 Å². The lowest BCUT2D eigenvalue weighted by Crippen LogP contribution is -2.13. The Kier molecular flexibility index (Phi) is 9.81. The van der Waals surface area contributed by atoms with Gasteiger partial charge in [0.05, 0.1) is 0 Å². The maximum absolute atomic E-state index is 10.0. The van der Waals surface area contributed by atoms with Gasteiger partial charge in [0.15, 0.2) is 0 Å². The minimum Gasteiger partial charge on any atom is -0.464 e. The van der Waals surface area contributed by atoms with Crippen molar-refractivity contribution >= 4 is 6.09 Å². The number of amides is 1. The average Bonchev–Trinajstić information content (AvgIpc) is 2.15. The van der Waals surface area contributed by atoms with Crippen molar-refractivity contribution in [1.82, 2.24) is 5.32 Å². The predicted molar refractivity (Wildman–Crippen MR) is 57.6 cm³/mol. The molecule has 0 saturated carbocycles. The van der Waals surface area contributed by atoms with Gasteiger partial charge in [-0.15, -0.1) is 0 Å². The molecular formula is C11H22NO2. The third-order valence-electron chi connectivity index (χ3n) is 2.26. The van der Waals surface area contributed by atoms with Crippen LogP contribution in [0.25, 0.3) is 0 Å². The average molecular weight is 200 g/mol. The van der Waals surface area contributed by atoms with Gasteiger partial charge in [-0.05, 0) is 6.42 Å². The van der Waals surface area contributed by atoms with Crippen LogP contribution in [-0.2, 0) is 0 Å². The first-order chi connectivity index (χ1) is 6.77. The minimum absolute atomic E-state index is 0.476. The molecular weight excluding hydrogens is 178 g/mol. The second-order valence-corrected chi connectivity index (χ2v) is 3.64. The lowest BCUT2D eigenvalue weighted by atomic mass is 10.1. The first-order valence-electron chi connectivity index (χ1n) is 5.67. The maximum atomic E-state index is 10.0. The Balaban J connectivity index is 2.88. The number of nitrogens with zero attached hydrogens (tertiary/aromatic N) is 1. The molecule has 0 spiro atoms. The maximum Gasteiger partial charge on any atom is 0.426 e. The van der Waals surface area contributed by atoms with Crippen LogP contribution >= 0.6 is 0 Å². The van der Waals surface area contributed by atoms with Crippen LogP contribution in [0.15, 0.2) is 0 Å². The van der Waals surface area contributed by atoms with Crippen molar-refractivity contribution in [2.75, 3.05) is 6.54 Å². The van der Waals surface area contributed by atoms with Crippen molar-refractivity contribution in [3.8, 4) is 0 Å². The highest BCUT2D eigenvalue weighted by molar-refractivity contribution is 5.63. The van der Waals surface area contributed by atoms with Gasteiger partial charge in [-0.1, -0.05) is 51.9 Å². The molecule has 0 bridgehead atoms. The van der Waals surface area contributed by atoms with Crippen LogP contribution in [0.3, 0.4) is 0 Å². The molecule has 0 saturated heterocycles. The lowest BCUT2D eigenvalue weighted by molar-refractivity contribution is 0.193. The van der Waals surface area contributed by atoms with Gasteiger partial charge in [-0.2, -0.15) is 0 Å². The van der Waals surface area contributed by atoms with E-state index in [4.69, 9.17) is 5.11 Å². The molecule has 0 atom stereocenters. The number of hydrogen-bond donors (Lipinski definition) is 1. The van der Waals surface area contributed by atoms with E-state index < -0.39 is 6.09 Å². The van der Waals surface area contributed by atoms with Crippen LogP contribution < -0.4 is 5.32 Å². The molecule has 83 valence electrons. The van der Waals surface area contributed by atoms with Crippen molar-refractivity contribution in [3.05, 3.63) is 0 Å². The Labute approximate surface area is 86.9 Å². The molecule has 0 heterocycles. The van der Waals surface area contributed by atoms with Gasteiger partial charge in [0, 0.05) is 6.54 Å². The molecule has 0 fully saturated rings. The monoisotopic (exact) mass is 200 g/mol. The summed E-state index contributed by atoms with van der Waals surface area (Å²) in [6, 6.07) is 0. The fourth-order valence-electron chi connectivity index (χ4n) is 1.42. The van der Waals surface area contributed by atoms with Crippen molar-refractivity contribution in [3.63, 3.8) is 0 Å². The van der Waals surface area contributed by atoms with Crippen LogP contribution in [0.4, 0.5) is 4.79 Å². The minimum atomic E-state index is -1.03.